The average molecular weight is 388 g/mol. The van der Waals surface area contributed by atoms with Crippen molar-refractivity contribution >= 4 is 5.91 Å². The number of likely N-dealkylation sites (tertiary alicyclic amines) is 1. The predicted octanol–water partition coefficient (Wildman–Crippen LogP) is 3.44. The highest BCUT2D eigenvalue weighted by atomic mass is 16.2. The Labute approximate surface area is 169 Å². The van der Waals surface area contributed by atoms with Crippen LogP contribution in [0, 0.1) is 0 Å². The molecule has 2 fully saturated rings. The van der Waals surface area contributed by atoms with Crippen molar-refractivity contribution in [3.05, 3.63) is 60.3 Å². The Morgan fingerprint density at radius 1 is 1.10 bits per heavy atom. The van der Waals surface area contributed by atoms with E-state index < -0.39 is 5.41 Å². The Morgan fingerprint density at radius 2 is 1.93 bits per heavy atom. The molecular weight excluding hydrogens is 364 g/mol. The number of carbonyl (C=O) groups is 1. The SMILES string of the molecule is O=C(N1CCC[C@H]1c1nc(-c2cnccn2)n[nH]1)C1(c2ccccc2)CCCC1. The van der Waals surface area contributed by atoms with Crippen molar-refractivity contribution in [2.45, 2.75) is 50.0 Å². The molecule has 0 unspecified atom stereocenters. The molecule has 0 radical (unpaired) electrons. The van der Waals surface area contributed by atoms with Gasteiger partial charge in [-0.2, -0.15) is 5.10 Å². The van der Waals surface area contributed by atoms with Crippen molar-refractivity contribution < 1.29 is 4.79 Å². The van der Waals surface area contributed by atoms with E-state index in [1.54, 1.807) is 18.6 Å². The zero-order valence-electron chi connectivity index (χ0n) is 16.3. The van der Waals surface area contributed by atoms with Crippen molar-refractivity contribution in [3.63, 3.8) is 0 Å². The van der Waals surface area contributed by atoms with E-state index in [0.29, 0.717) is 11.5 Å². The first-order valence-corrected chi connectivity index (χ1v) is 10.3. The number of hydrogen-bond donors (Lipinski definition) is 1. The lowest BCUT2D eigenvalue weighted by Crippen LogP contribution is -2.45. The molecule has 1 aliphatic carbocycles. The number of aromatic nitrogens is 5. The van der Waals surface area contributed by atoms with Gasteiger partial charge in [0.2, 0.25) is 11.7 Å². The molecule has 3 heterocycles. The van der Waals surface area contributed by atoms with Crippen LogP contribution in [0.25, 0.3) is 11.5 Å². The Hall–Kier alpha value is -3.09. The fourth-order valence-corrected chi connectivity index (χ4v) is 4.88. The number of nitrogens with one attached hydrogen (secondary N) is 1. The van der Waals surface area contributed by atoms with Crippen molar-refractivity contribution in [3.8, 4) is 11.5 Å². The zero-order valence-corrected chi connectivity index (χ0v) is 16.3. The van der Waals surface area contributed by atoms with Crippen LogP contribution in [0.5, 0.6) is 0 Å². The molecule has 1 saturated carbocycles. The maximum atomic E-state index is 13.9. The van der Waals surface area contributed by atoms with Crippen LogP contribution >= 0.6 is 0 Å². The molecule has 0 bridgehead atoms. The van der Waals surface area contributed by atoms with Crippen molar-refractivity contribution in [1.82, 2.24) is 30.0 Å². The molecule has 7 nitrogen and oxygen atoms in total. The summed E-state index contributed by atoms with van der Waals surface area (Å²) in [6.45, 7) is 0.763. The number of rotatable bonds is 4. The second-order valence-electron chi connectivity index (χ2n) is 7.95. The van der Waals surface area contributed by atoms with Gasteiger partial charge in [-0.1, -0.05) is 43.2 Å². The molecule has 7 heteroatoms. The number of benzene rings is 1. The first kappa shape index (κ1) is 18.0. The minimum atomic E-state index is -0.405. The molecule has 1 amide bonds. The van der Waals surface area contributed by atoms with Gasteiger partial charge in [-0.15, -0.1) is 0 Å². The summed E-state index contributed by atoms with van der Waals surface area (Å²) in [7, 11) is 0. The van der Waals surface area contributed by atoms with Gasteiger partial charge >= 0.3 is 0 Å². The molecule has 29 heavy (non-hydrogen) atoms. The highest BCUT2D eigenvalue weighted by molar-refractivity contribution is 5.89. The summed E-state index contributed by atoms with van der Waals surface area (Å²) in [5.74, 6) is 1.49. The lowest BCUT2D eigenvalue weighted by atomic mass is 9.77. The Balaban J connectivity index is 1.45. The van der Waals surface area contributed by atoms with Gasteiger partial charge in [0.1, 0.15) is 11.5 Å². The van der Waals surface area contributed by atoms with Gasteiger partial charge in [0.25, 0.3) is 0 Å². The quantitative estimate of drug-likeness (QED) is 0.740. The molecular formula is C22H24N6O. The fourth-order valence-electron chi connectivity index (χ4n) is 4.88. The second kappa shape index (κ2) is 7.39. The van der Waals surface area contributed by atoms with E-state index in [-0.39, 0.29) is 11.9 Å². The summed E-state index contributed by atoms with van der Waals surface area (Å²) in [4.78, 5) is 28.9. The van der Waals surface area contributed by atoms with Crippen LogP contribution in [0.3, 0.4) is 0 Å². The Morgan fingerprint density at radius 3 is 2.69 bits per heavy atom. The molecule has 5 rings (SSSR count). The van der Waals surface area contributed by atoms with E-state index in [1.165, 1.54) is 0 Å². The highest BCUT2D eigenvalue weighted by Crippen LogP contribution is 2.45. The standard InChI is InChI=1S/C22H24N6O/c29-21(22(10-4-5-11-22)16-7-2-1-3-8-16)28-14-6-9-18(28)20-25-19(26-27-20)17-15-23-12-13-24-17/h1-3,7-8,12-13,15,18H,4-6,9-11,14H2,(H,25,26,27)/t18-/m0/s1. The fraction of sp³-hybridized carbons (Fsp3) is 0.409. The number of nitrogens with zero attached hydrogens (tertiary/aromatic N) is 5. The van der Waals surface area contributed by atoms with Gasteiger partial charge in [-0.05, 0) is 31.2 Å². The van der Waals surface area contributed by atoms with Crippen molar-refractivity contribution in [1.29, 1.82) is 0 Å². The average Bonchev–Trinajstić information content (AvgIpc) is 3.55. The minimum Gasteiger partial charge on any atom is -0.332 e. The molecule has 0 spiro atoms. The predicted molar refractivity (Wildman–Crippen MR) is 108 cm³/mol. The monoisotopic (exact) mass is 388 g/mol. The van der Waals surface area contributed by atoms with Crippen LogP contribution in [-0.4, -0.2) is 42.5 Å². The summed E-state index contributed by atoms with van der Waals surface area (Å²) < 4.78 is 0. The normalized spacial score (nSPS) is 20.8. The first-order chi connectivity index (χ1) is 14.3. The third-order valence-corrected chi connectivity index (χ3v) is 6.32. The van der Waals surface area contributed by atoms with E-state index in [0.717, 1.165) is 56.5 Å². The van der Waals surface area contributed by atoms with Crippen LogP contribution in [0.2, 0.25) is 0 Å². The molecule has 2 aliphatic rings. The largest absolute Gasteiger partial charge is 0.332 e. The number of hydrogen-bond acceptors (Lipinski definition) is 5. The summed E-state index contributed by atoms with van der Waals surface area (Å²) >= 11 is 0. The first-order valence-electron chi connectivity index (χ1n) is 10.3. The molecule has 1 N–H and O–H groups in total. The molecule has 1 aromatic carbocycles. The van der Waals surface area contributed by atoms with Crippen molar-refractivity contribution in [2.24, 2.45) is 0 Å². The molecule has 1 aliphatic heterocycles. The van der Waals surface area contributed by atoms with Gasteiger partial charge in [-0.25, -0.2) is 9.97 Å². The van der Waals surface area contributed by atoms with Gasteiger partial charge in [0.05, 0.1) is 17.7 Å². The molecule has 1 saturated heterocycles. The zero-order chi connectivity index (χ0) is 19.7. The topological polar surface area (TPSA) is 87.7 Å². The maximum absolute atomic E-state index is 13.9. The molecule has 2 aromatic heterocycles. The van der Waals surface area contributed by atoms with Crippen LogP contribution in [-0.2, 0) is 10.2 Å². The second-order valence-corrected chi connectivity index (χ2v) is 7.95. The molecule has 3 aromatic rings. The van der Waals surface area contributed by atoms with Gasteiger partial charge in [0.15, 0.2) is 0 Å². The van der Waals surface area contributed by atoms with Gasteiger partial charge < -0.3 is 4.90 Å². The number of H-pyrrole nitrogens is 1. The van der Waals surface area contributed by atoms with Gasteiger partial charge in [0, 0.05) is 18.9 Å². The van der Waals surface area contributed by atoms with Crippen LogP contribution in [0.15, 0.2) is 48.9 Å². The van der Waals surface area contributed by atoms with E-state index in [1.807, 2.05) is 23.1 Å². The number of amides is 1. The smallest absolute Gasteiger partial charge is 0.233 e. The minimum absolute atomic E-state index is 0.0680. The van der Waals surface area contributed by atoms with E-state index >= 15 is 0 Å². The Bertz CT molecular complexity index is 981. The lowest BCUT2D eigenvalue weighted by Gasteiger charge is -2.35. The molecule has 1 atom stereocenters. The highest BCUT2D eigenvalue weighted by Gasteiger charge is 2.47. The van der Waals surface area contributed by atoms with Crippen molar-refractivity contribution in [2.75, 3.05) is 6.54 Å². The van der Waals surface area contributed by atoms with E-state index in [9.17, 15) is 4.79 Å². The molecule has 148 valence electrons. The summed E-state index contributed by atoms with van der Waals surface area (Å²) in [6, 6.07) is 10.2. The maximum Gasteiger partial charge on any atom is 0.233 e. The van der Waals surface area contributed by atoms with Crippen LogP contribution in [0.1, 0.15) is 56.0 Å². The van der Waals surface area contributed by atoms with E-state index in [4.69, 9.17) is 0 Å². The summed E-state index contributed by atoms with van der Waals surface area (Å²) in [5.41, 5.74) is 1.37. The third-order valence-electron chi connectivity index (χ3n) is 6.32. The summed E-state index contributed by atoms with van der Waals surface area (Å²) in [6.07, 6.45) is 10.8. The lowest BCUT2D eigenvalue weighted by molar-refractivity contribution is -0.138. The van der Waals surface area contributed by atoms with E-state index in [2.05, 4.69) is 37.3 Å². The number of carbonyl (C=O) groups excluding carboxylic acids is 1. The Kier molecular flexibility index (Phi) is 4.58. The number of aromatic amines is 1. The van der Waals surface area contributed by atoms with Gasteiger partial charge in [-0.3, -0.25) is 14.9 Å². The third kappa shape index (κ3) is 3.10. The summed E-state index contributed by atoms with van der Waals surface area (Å²) in [5, 5.41) is 7.37. The van der Waals surface area contributed by atoms with Crippen LogP contribution < -0.4 is 0 Å². The van der Waals surface area contributed by atoms with Crippen LogP contribution in [0.4, 0.5) is 0 Å².